The Kier molecular flexibility index (Phi) is 4.79. The van der Waals surface area contributed by atoms with Crippen molar-refractivity contribution in [2.24, 2.45) is 7.05 Å². The summed E-state index contributed by atoms with van der Waals surface area (Å²) in [6, 6.07) is 6.77. The minimum absolute atomic E-state index is 0.284. The maximum atomic E-state index is 12.0. The van der Waals surface area contributed by atoms with E-state index in [1.807, 2.05) is 14.0 Å². The van der Waals surface area contributed by atoms with Crippen molar-refractivity contribution in [2.45, 2.75) is 17.0 Å². The molecule has 20 heavy (non-hydrogen) atoms. The zero-order valence-electron chi connectivity index (χ0n) is 11.3. The summed E-state index contributed by atoms with van der Waals surface area (Å²) < 4.78 is 28.4. The van der Waals surface area contributed by atoms with Gasteiger partial charge in [0.05, 0.1) is 4.90 Å². The molecule has 1 aromatic heterocycles. The highest BCUT2D eigenvalue weighted by molar-refractivity contribution is 7.99. The molecule has 2 aromatic rings. The van der Waals surface area contributed by atoms with Crippen LogP contribution in [0.1, 0.15) is 5.56 Å². The molecule has 0 bridgehead atoms. The third-order valence-electron chi connectivity index (χ3n) is 2.63. The van der Waals surface area contributed by atoms with Gasteiger partial charge in [-0.15, -0.1) is 10.2 Å². The Morgan fingerprint density at radius 1 is 1.30 bits per heavy atom. The smallest absolute Gasteiger partial charge is 0.240 e. The molecule has 1 N–H and O–H groups in total. The first-order valence-electron chi connectivity index (χ1n) is 6.02. The SMILES string of the molecule is Cc1ccc(S(=O)(=O)NCCSc2nncn2C)cc1. The van der Waals surface area contributed by atoms with E-state index in [2.05, 4.69) is 14.9 Å². The fourth-order valence-electron chi connectivity index (χ4n) is 1.52. The summed E-state index contributed by atoms with van der Waals surface area (Å²) in [5.41, 5.74) is 1.03. The van der Waals surface area contributed by atoms with Gasteiger partial charge in [-0.2, -0.15) is 0 Å². The number of benzene rings is 1. The number of nitrogens with one attached hydrogen (secondary N) is 1. The number of nitrogens with zero attached hydrogens (tertiary/aromatic N) is 3. The number of hydrogen-bond acceptors (Lipinski definition) is 5. The molecule has 0 unspecified atom stereocenters. The van der Waals surface area contributed by atoms with E-state index < -0.39 is 10.0 Å². The van der Waals surface area contributed by atoms with Crippen LogP contribution in [0.2, 0.25) is 0 Å². The van der Waals surface area contributed by atoms with Crippen LogP contribution in [0.3, 0.4) is 0 Å². The van der Waals surface area contributed by atoms with Crippen LogP contribution in [-0.2, 0) is 17.1 Å². The average Bonchev–Trinajstić information content (AvgIpc) is 2.81. The van der Waals surface area contributed by atoms with Gasteiger partial charge in [0.25, 0.3) is 0 Å². The molecule has 108 valence electrons. The highest BCUT2D eigenvalue weighted by atomic mass is 32.2. The second-order valence-corrected chi connectivity index (χ2v) is 7.11. The Hall–Kier alpha value is -1.38. The van der Waals surface area contributed by atoms with Crippen LogP contribution in [0.5, 0.6) is 0 Å². The van der Waals surface area contributed by atoms with E-state index in [1.54, 1.807) is 35.2 Å². The van der Waals surface area contributed by atoms with Crippen LogP contribution >= 0.6 is 11.8 Å². The first-order chi connectivity index (χ1) is 9.49. The summed E-state index contributed by atoms with van der Waals surface area (Å²) in [7, 11) is -1.59. The fraction of sp³-hybridized carbons (Fsp3) is 0.333. The molecule has 0 saturated heterocycles. The van der Waals surface area contributed by atoms with Crippen molar-refractivity contribution in [1.82, 2.24) is 19.5 Å². The van der Waals surface area contributed by atoms with Crippen molar-refractivity contribution < 1.29 is 8.42 Å². The number of rotatable bonds is 6. The molecule has 1 aromatic carbocycles. The predicted octanol–water partition coefficient (Wildman–Crippen LogP) is 1.19. The summed E-state index contributed by atoms with van der Waals surface area (Å²) in [5.74, 6) is 0.595. The normalized spacial score (nSPS) is 11.7. The van der Waals surface area contributed by atoms with E-state index in [0.29, 0.717) is 12.3 Å². The molecule has 0 radical (unpaired) electrons. The molecule has 0 aliphatic rings. The van der Waals surface area contributed by atoms with Gasteiger partial charge in [0.1, 0.15) is 6.33 Å². The summed E-state index contributed by atoms with van der Waals surface area (Å²) >= 11 is 1.45. The lowest BCUT2D eigenvalue weighted by Crippen LogP contribution is -2.26. The molecule has 6 nitrogen and oxygen atoms in total. The number of thioether (sulfide) groups is 1. The van der Waals surface area contributed by atoms with Crippen molar-refractivity contribution in [3.05, 3.63) is 36.2 Å². The number of aryl methyl sites for hydroxylation is 2. The van der Waals surface area contributed by atoms with Crippen LogP contribution in [-0.4, -0.2) is 35.5 Å². The lowest BCUT2D eigenvalue weighted by Gasteiger charge is -2.06. The quantitative estimate of drug-likeness (QED) is 0.640. The van der Waals surface area contributed by atoms with E-state index in [9.17, 15) is 8.42 Å². The zero-order valence-corrected chi connectivity index (χ0v) is 12.9. The summed E-state index contributed by atoms with van der Waals surface area (Å²) in [6.45, 7) is 2.26. The highest BCUT2D eigenvalue weighted by Gasteiger charge is 2.12. The van der Waals surface area contributed by atoms with Gasteiger partial charge in [0.2, 0.25) is 10.0 Å². The second-order valence-electron chi connectivity index (χ2n) is 4.28. The lowest BCUT2D eigenvalue weighted by atomic mass is 10.2. The minimum Gasteiger partial charge on any atom is -0.312 e. The molecule has 0 atom stereocenters. The molecule has 0 fully saturated rings. The molecule has 0 saturated carbocycles. The van der Waals surface area contributed by atoms with Crippen molar-refractivity contribution in [1.29, 1.82) is 0 Å². The Labute approximate surface area is 122 Å². The standard InChI is InChI=1S/C12H16N4O2S2/c1-10-3-5-11(6-4-10)20(17,18)14-7-8-19-12-15-13-9-16(12)2/h3-6,9,14H,7-8H2,1-2H3. The highest BCUT2D eigenvalue weighted by Crippen LogP contribution is 2.13. The number of aromatic nitrogens is 3. The fourth-order valence-corrected chi connectivity index (χ4v) is 3.43. The molecular weight excluding hydrogens is 296 g/mol. The maximum absolute atomic E-state index is 12.0. The van der Waals surface area contributed by atoms with Crippen LogP contribution in [0.15, 0.2) is 40.6 Å². The molecule has 1 heterocycles. The van der Waals surface area contributed by atoms with E-state index in [1.165, 1.54) is 11.8 Å². The van der Waals surface area contributed by atoms with Gasteiger partial charge < -0.3 is 4.57 Å². The van der Waals surface area contributed by atoms with Crippen LogP contribution in [0, 0.1) is 6.92 Å². The van der Waals surface area contributed by atoms with Gasteiger partial charge in [-0.3, -0.25) is 0 Å². The topological polar surface area (TPSA) is 76.9 Å². The first kappa shape index (κ1) is 15.0. The van der Waals surface area contributed by atoms with Gasteiger partial charge in [0, 0.05) is 19.3 Å². The molecule has 8 heteroatoms. The molecule has 2 rings (SSSR count). The van der Waals surface area contributed by atoms with Crippen molar-refractivity contribution >= 4 is 21.8 Å². The van der Waals surface area contributed by atoms with Crippen LogP contribution in [0.4, 0.5) is 0 Å². The second kappa shape index (κ2) is 6.38. The Bertz CT molecular complexity index is 665. The molecule has 0 aliphatic carbocycles. The van der Waals surface area contributed by atoms with Crippen molar-refractivity contribution in [3.8, 4) is 0 Å². The molecular formula is C12H16N4O2S2. The largest absolute Gasteiger partial charge is 0.312 e. The van der Waals surface area contributed by atoms with Gasteiger partial charge in [-0.1, -0.05) is 29.5 Å². The summed E-state index contributed by atoms with van der Waals surface area (Å²) in [5, 5.41) is 8.44. The van der Waals surface area contributed by atoms with Crippen molar-refractivity contribution in [3.63, 3.8) is 0 Å². The Morgan fingerprint density at radius 2 is 2.00 bits per heavy atom. The van der Waals surface area contributed by atoms with Gasteiger partial charge in [0.15, 0.2) is 5.16 Å². The van der Waals surface area contributed by atoms with E-state index in [0.717, 1.165) is 10.7 Å². The van der Waals surface area contributed by atoms with Crippen molar-refractivity contribution in [2.75, 3.05) is 12.3 Å². The Morgan fingerprint density at radius 3 is 2.60 bits per heavy atom. The maximum Gasteiger partial charge on any atom is 0.240 e. The minimum atomic E-state index is -3.43. The first-order valence-corrected chi connectivity index (χ1v) is 8.49. The predicted molar refractivity (Wildman–Crippen MR) is 78.1 cm³/mol. The zero-order chi connectivity index (χ0) is 14.6. The van der Waals surface area contributed by atoms with Gasteiger partial charge in [-0.25, -0.2) is 13.1 Å². The average molecular weight is 312 g/mol. The van der Waals surface area contributed by atoms with E-state index >= 15 is 0 Å². The van der Waals surface area contributed by atoms with E-state index in [-0.39, 0.29) is 4.90 Å². The third-order valence-corrected chi connectivity index (χ3v) is 5.14. The monoisotopic (exact) mass is 312 g/mol. The van der Waals surface area contributed by atoms with Crippen LogP contribution < -0.4 is 4.72 Å². The van der Waals surface area contributed by atoms with Crippen LogP contribution in [0.25, 0.3) is 0 Å². The molecule has 0 aliphatic heterocycles. The third kappa shape index (κ3) is 3.81. The summed E-state index contributed by atoms with van der Waals surface area (Å²) in [6.07, 6.45) is 1.61. The van der Waals surface area contributed by atoms with E-state index in [4.69, 9.17) is 0 Å². The number of hydrogen-bond donors (Lipinski definition) is 1. The molecule has 0 spiro atoms. The Balaban J connectivity index is 1.87. The van der Waals surface area contributed by atoms with Gasteiger partial charge in [-0.05, 0) is 19.1 Å². The lowest BCUT2D eigenvalue weighted by molar-refractivity contribution is 0.584. The molecule has 0 amide bonds. The van der Waals surface area contributed by atoms with Gasteiger partial charge >= 0.3 is 0 Å². The summed E-state index contributed by atoms with van der Waals surface area (Å²) in [4.78, 5) is 0.284. The number of sulfonamides is 1.